The van der Waals surface area contributed by atoms with Crippen LogP contribution in [-0.2, 0) is 24.8 Å². The Kier molecular flexibility index (Phi) is 5.81. The number of nitrogens with one attached hydrogen (secondary N) is 1. The summed E-state index contributed by atoms with van der Waals surface area (Å²) < 4.78 is 0. The molecule has 168 valence electrons. The van der Waals surface area contributed by atoms with E-state index in [9.17, 15) is 0 Å². The lowest BCUT2D eigenvalue weighted by Gasteiger charge is -2.40. The summed E-state index contributed by atoms with van der Waals surface area (Å²) in [5.41, 5.74) is 9.38. The first-order valence-electron chi connectivity index (χ1n) is 11.9. The molecule has 0 unspecified atom stereocenters. The molecule has 0 bridgehead atoms. The number of allylic oxidation sites excluding steroid dienone is 2. The Labute approximate surface area is 197 Å². The van der Waals surface area contributed by atoms with E-state index in [0.29, 0.717) is 0 Å². The van der Waals surface area contributed by atoms with Crippen LogP contribution in [0.5, 0.6) is 0 Å². The molecule has 1 N–H and O–H groups in total. The van der Waals surface area contributed by atoms with E-state index in [1.807, 2.05) is 6.07 Å². The lowest BCUT2D eigenvalue weighted by atomic mass is 9.72. The zero-order valence-electron chi connectivity index (χ0n) is 19.2. The number of likely N-dealkylation sites (tertiary alicyclic amines) is 1. The van der Waals surface area contributed by atoms with E-state index in [2.05, 4.69) is 65.5 Å². The van der Waals surface area contributed by atoms with Gasteiger partial charge in [0.1, 0.15) is 0 Å². The molecular formula is C28H34ClN3. The van der Waals surface area contributed by atoms with Crippen molar-refractivity contribution < 1.29 is 0 Å². The second-order valence-electron chi connectivity index (χ2n) is 9.83. The average Bonchev–Trinajstić information content (AvgIpc) is 3.05. The van der Waals surface area contributed by atoms with Gasteiger partial charge in [-0.2, -0.15) is 0 Å². The number of hydrogen-bond donors (Lipinski definition) is 1. The van der Waals surface area contributed by atoms with Crippen LogP contribution in [0.15, 0.2) is 61.0 Å². The Bertz CT molecular complexity index is 1050. The molecule has 2 aromatic carbocycles. The van der Waals surface area contributed by atoms with Crippen molar-refractivity contribution in [3.05, 3.63) is 88.2 Å². The van der Waals surface area contributed by atoms with Crippen molar-refractivity contribution in [3.8, 4) is 0 Å². The van der Waals surface area contributed by atoms with Crippen molar-refractivity contribution in [2.24, 2.45) is 0 Å². The zero-order valence-corrected chi connectivity index (χ0v) is 20.0. The number of halogens is 1. The lowest BCUT2D eigenvalue weighted by molar-refractivity contribution is 0.179. The van der Waals surface area contributed by atoms with Gasteiger partial charge in [-0.1, -0.05) is 43.0 Å². The van der Waals surface area contributed by atoms with Gasteiger partial charge in [0.05, 0.1) is 0 Å². The smallest absolute Gasteiger partial charge is 0.0429 e. The molecule has 0 radical (unpaired) electrons. The third-order valence-corrected chi connectivity index (χ3v) is 8.07. The highest BCUT2D eigenvalue weighted by Gasteiger charge is 2.44. The topological polar surface area (TPSA) is 18.5 Å². The molecule has 0 amide bonds. The summed E-state index contributed by atoms with van der Waals surface area (Å²) in [6.45, 7) is 16.1. The van der Waals surface area contributed by atoms with Gasteiger partial charge in [0.2, 0.25) is 0 Å². The number of benzene rings is 2. The SMILES string of the molecule is C=C(C)N1CCc2cc(CCCN3CCC4(CC3)C(=C)Nc3ccc(Cl)cc34)ccc2C1. The number of nitrogens with zero attached hydrogens (tertiary/aromatic N) is 2. The van der Waals surface area contributed by atoms with E-state index in [4.69, 9.17) is 11.6 Å². The molecule has 3 aliphatic heterocycles. The maximum atomic E-state index is 6.32. The van der Waals surface area contributed by atoms with E-state index < -0.39 is 0 Å². The molecule has 3 nitrogen and oxygen atoms in total. The van der Waals surface area contributed by atoms with E-state index in [0.717, 1.165) is 62.6 Å². The first kappa shape index (κ1) is 21.6. The van der Waals surface area contributed by atoms with Crippen LogP contribution in [0.4, 0.5) is 5.69 Å². The normalized spacial score (nSPS) is 19.6. The molecule has 0 aliphatic carbocycles. The average molecular weight is 448 g/mol. The van der Waals surface area contributed by atoms with Crippen molar-refractivity contribution in [3.63, 3.8) is 0 Å². The Morgan fingerprint density at radius 2 is 1.91 bits per heavy atom. The van der Waals surface area contributed by atoms with Gasteiger partial charge < -0.3 is 15.1 Å². The molecule has 32 heavy (non-hydrogen) atoms. The number of aryl methyl sites for hydroxylation is 1. The number of rotatable bonds is 5. The molecular weight excluding hydrogens is 414 g/mol. The second-order valence-corrected chi connectivity index (χ2v) is 10.3. The van der Waals surface area contributed by atoms with Crippen LogP contribution >= 0.6 is 11.6 Å². The van der Waals surface area contributed by atoms with Gasteiger partial charge in [0.15, 0.2) is 0 Å². The molecule has 0 saturated carbocycles. The molecule has 1 spiro atoms. The predicted molar refractivity (Wildman–Crippen MR) is 135 cm³/mol. The minimum Gasteiger partial charge on any atom is -0.371 e. The predicted octanol–water partition coefficient (Wildman–Crippen LogP) is 6.14. The van der Waals surface area contributed by atoms with Crippen molar-refractivity contribution >= 4 is 17.3 Å². The van der Waals surface area contributed by atoms with Gasteiger partial charge in [-0.15, -0.1) is 0 Å². The summed E-state index contributed by atoms with van der Waals surface area (Å²) >= 11 is 6.32. The summed E-state index contributed by atoms with van der Waals surface area (Å²) in [7, 11) is 0. The minimum atomic E-state index is 0.0485. The van der Waals surface area contributed by atoms with E-state index >= 15 is 0 Å². The third kappa shape index (κ3) is 3.97. The highest BCUT2D eigenvalue weighted by molar-refractivity contribution is 6.30. The van der Waals surface area contributed by atoms with Crippen LogP contribution in [0, 0.1) is 0 Å². The van der Waals surface area contributed by atoms with Crippen LogP contribution < -0.4 is 5.32 Å². The molecule has 1 saturated heterocycles. The summed E-state index contributed by atoms with van der Waals surface area (Å²) in [5.74, 6) is 0. The maximum absolute atomic E-state index is 6.32. The first-order chi connectivity index (χ1) is 15.4. The number of hydrogen-bond acceptors (Lipinski definition) is 3. The first-order valence-corrected chi connectivity index (χ1v) is 12.3. The summed E-state index contributed by atoms with van der Waals surface area (Å²) in [5, 5.41) is 4.34. The number of piperidine rings is 1. The Morgan fingerprint density at radius 1 is 1.09 bits per heavy atom. The zero-order chi connectivity index (χ0) is 22.3. The van der Waals surface area contributed by atoms with Gasteiger partial charge in [-0.25, -0.2) is 0 Å². The maximum Gasteiger partial charge on any atom is 0.0429 e. The van der Waals surface area contributed by atoms with Gasteiger partial charge in [0.25, 0.3) is 0 Å². The molecule has 3 heterocycles. The third-order valence-electron chi connectivity index (χ3n) is 7.83. The molecule has 4 heteroatoms. The lowest BCUT2D eigenvalue weighted by Crippen LogP contribution is -2.43. The highest BCUT2D eigenvalue weighted by Crippen LogP contribution is 2.50. The molecule has 1 fully saturated rings. The van der Waals surface area contributed by atoms with Crippen LogP contribution in [0.2, 0.25) is 5.02 Å². The van der Waals surface area contributed by atoms with E-state index in [-0.39, 0.29) is 5.41 Å². The standard InChI is InChI=1S/C28H34ClN3/c1-20(2)32-14-10-23-17-22(6-7-24(23)19-32)5-4-13-31-15-11-28(12-16-31)21(3)30-27-9-8-25(29)18-26(27)28/h6-9,17-18,30H,1,3-5,10-16,19H2,2H3. The summed E-state index contributed by atoms with van der Waals surface area (Å²) in [6.07, 6.45) is 5.74. The van der Waals surface area contributed by atoms with Crippen molar-refractivity contribution in [1.82, 2.24) is 9.80 Å². The van der Waals surface area contributed by atoms with Gasteiger partial charge in [-0.3, -0.25) is 0 Å². The molecule has 2 aromatic rings. The van der Waals surface area contributed by atoms with Crippen LogP contribution in [0.3, 0.4) is 0 Å². The summed E-state index contributed by atoms with van der Waals surface area (Å²) in [4.78, 5) is 5.01. The monoisotopic (exact) mass is 447 g/mol. The highest BCUT2D eigenvalue weighted by atomic mass is 35.5. The Balaban J connectivity index is 1.15. The summed E-state index contributed by atoms with van der Waals surface area (Å²) in [6, 6.07) is 13.3. The van der Waals surface area contributed by atoms with E-state index in [1.165, 1.54) is 46.6 Å². The quantitative estimate of drug-likeness (QED) is 0.594. The van der Waals surface area contributed by atoms with Gasteiger partial charge >= 0.3 is 0 Å². The van der Waals surface area contributed by atoms with Crippen molar-refractivity contribution in [1.29, 1.82) is 0 Å². The van der Waals surface area contributed by atoms with Gasteiger partial charge in [-0.05, 0) is 99.1 Å². The minimum absolute atomic E-state index is 0.0485. The largest absolute Gasteiger partial charge is 0.371 e. The van der Waals surface area contributed by atoms with Crippen LogP contribution in [0.25, 0.3) is 0 Å². The fourth-order valence-electron chi connectivity index (χ4n) is 5.79. The van der Waals surface area contributed by atoms with Crippen LogP contribution in [0.1, 0.15) is 48.4 Å². The van der Waals surface area contributed by atoms with Crippen molar-refractivity contribution in [2.75, 3.05) is 31.5 Å². The van der Waals surface area contributed by atoms with Gasteiger partial charge in [0, 0.05) is 40.6 Å². The number of fused-ring (bicyclic) bond motifs is 3. The molecule has 0 aromatic heterocycles. The molecule has 0 atom stereocenters. The molecule has 5 rings (SSSR count). The molecule has 3 aliphatic rings. The van der Waals surface area contributed by atoms with Crippen molar-refractivity contribution in [2.45, 2.75) is 51.0 Å². The van der Waals surface area contributed by atoms with E-state index in [1.54, 1.807) is 0 Å². The van der Waals surface area contributed by atoms with Crippen LogP contribution in [-0.4, -0.2) is 36.0 Å². The second kappa shape index (κ2) is 8.61. The fraction of sp³-hybridized carbons (Fsp3) is 0.429. The number of anilines is 1. The Hall–Kier alpha value is -2.23. The Morgan fingerprint density at radius 3 is 2.69 bits per heavy atom. The fourth-order valence-corrected chi connectivity index (χ4v) is 5.96.